The molecule has 19 heavy (non-hydrogen) atoms. The molecule has 0 aromatic carbocycles. The maximum atomic E-state index is 12.5. The van der Waals surface area contributed by atoms with E-state index in [4.69, 9.17) is 0 Å². The van der Waals surface area contributed by atoms with E-state index in [1.54, 1.807) is 0 Å². The number of carbonyl (C=O) groups excluding carboxylic acids is 1. The van der Waals surface area contributed by atoms with E-state index in [0.29, 0.717) is 11.7 Å². The normalized spacial score (nSPS) is 23.6. The third kappa shape index (κ3) is 2.66. The quantitative estimate of drug-likeness (QED) is 0.833. The van der Waals surface area contributed by atoms with Crippen LogP contribution in [0, 0.1) is 0 Å². The fraction of sp³-hybridized carbons (Fsp3) is 0.714. The molecule has 2 rings (SSSR count). The number of amides is 1. The van der Waals surface area contributed by atoms with Gasteiger partial charge in [-0.05, 0) is 47.4 Å². The van der Waals surface area contributed by atoms with Crippen LogP contribution in [0.3, 0.4) is 0 Å². The number of aromatic nitrogens is 2. The van der Waals surface area contributed by atoms with E-state index in [1.807, 2.05) is 21.8 Å². The first kappa shape index (κ1) is 14.1. The zero-order chi connectivity index (χ0) is 14.2. The maximum absolute atomic E-state index is 12.5. The van der Waals surface area contributed by atoms with Crippen molar-refractivity contribution in [1.29, 1.82) is 0 Å². The minimum atomic E-state index is 0.0521. The van der Waals surface area contributed by atoms with Crippen molar-refractivity contribution < 1.29 is 4.79 Å². The molecule has 2 atom stereocenters. The van der Waals surface area contributed by atoms with E-state index in [9.17, 15) is 4.79 Å². The molecule has 106 valence electrons. The molecule has 5 heteroatoms. The van der Waals surface area contributed by atoms with Crippen molar-refractivity contribution in [3.05, 3.63) is 18.0 Å². The van der Waals surface area contributed by atoms with Crippen LogP contribution in [0.1, 0.15) is 43.7 Å². The van der Waals surface area contributed by atoms with E-state index in [2.05, 4.69) is 44.9 Å². The van der Waals surface area contributed by atoms with Crippen LogP contribution < -0.4 is 0 Å². The Morgan fingerprint density at radius 3 is 2.63 bits per heavy atom. The van der Waals surface area contributed by atoms with Gasteiger partial charge in [0.1, 0.15) is 5.69 Å². The van der Waals surface area contributed by atoms with E-state index in [-0.39, 0.29) is 18.0 Å². The third-order valence-corrected chi connectivity index (χ3v) is 3.99. The van der Waals surface area contributed by atoms with Gasteiger partial charge in [0, 0.05) is 30.9 Å². The Kier molecular flexibility index (Phi) is 3.94. The summed E-state index contributed by atoms with van der Waals surface area (Å²) >= 11 is 0. The monoisotopic (exact) mass is 264 g/mol. The minimum absolute atomic E-state index is 0.0521. The van der Waals surface area contributed by atoms with Crippen LogP contribution in [0.2, 0.25) is 0 Å². The highest BCUT2D eigenvalue weighted by molar-refractivity contribution is 5.92. The van der Waals surface area contributed by atoms with Gasteiger partial charge in [0.05, 0.1) is 0 Å². The van der Waals surface area contributed by atoms with Gasteiger partial charge >= 0.3 is 0 Å². The van der Waals surface area contributed by atoms with Crippen molar-refractivity contribution in [3.63, 3.8) is 0 Å². The zero-order valence-electron chi connectivity index (χ0n) is 12.5. The third-order valence-electron chi connectivity index (χ3n) is 3.99. The van der Waals surface area contributed by atoms with Crippen LogP contribution in [0.5, 0.6) is 0 Å². The first-order valence-electron chi connectivity index (χ1n) is 6.94. The molecule has 0 bridgehead atoms. The highest BCUT2D eigenvalue weighted by Crippen LogP contribution is 2.23. The van der Waals surface area contributed by atoms with Crippen molar-refractivity contribution in [3.8, 4) is 0 Å². The fourth-order valence-electron chi connectivity index (χ4n) is 2.79. The number of rotatable bonds is 3. The number of likely N-dealkylation sites (N-methyl/N-ethyl adjacent to an activating group) is 1. The van der Waals surface area contributed by atoms with E-state index >= 15 is 0 Å². The summed E-state index contributed by atoms with van der Waals surface area (Å²) in [5.74, 6) is 0.0521. The molecular weight excluding hydrogens is 240 g/mol. The maximum Gasteiger partial charge on any atom is 0.274 e. The second-order valence-corrected chi connectivity index (χ2v) is 5.83. The first-order chi connectivity index (χ1) is 8.91. The van der Waals surface area contributed by atoms with Crippen LogP contribution in [0.25, 0.3) is 0 Å². The lowest BCUT2D eigenvalue weighted by atomic mass is 10.1. The smallest absolute Gasteiger partial charge is 0.274 e. The van der Waals surface area contributed by atoms with Crippen LogP contribution in [-0.2, 0) is 0 Å². The van der Waals surface area contributed by atoms with E-state index in [1.165, 1.54) is 0 Å². The second-order valence-electron chi connectivity index (χ2n) is 5.83. The minimum Gasteiger partial charge on any atom is -0.333 e. The number of hydrogen-bond acceptors (Lipinski definition) is 3. The van der Waals surface area contributed by atoms with Crippen LogP contribution in [0.4, 0.5) is 0 Å². The highest BCUT2D eigenvalue weighted by Gasteiger charge is 2.35. The Balaban J connectivity index is 2.12. The molecule has 1 aliphatic rings. The Morgan fingerprint density at radius 2 is 2.16 bits per heavy atom. The van der Waals surface area contributed by atoms with Crippen molar-refractivity contribution in [2.45, 2.75) is 45.3 Å². The van der Waals surface area contributed by atoms with Crippen LogP contribution >= 0.6 is 0 Å². The van der Waals surface area contributed by atoms with Gasteiger partial charge in [-0.25, -0.2) is 0 Å². The molecule has 1 aliphatic heterocycles. The summed E-state index contributed by atoms with van der Waals surface area (Å²) in [6.07, 6.45) is 2.91. The molecule has 0 radical (unpaired) electrons. The van der Waals surface area contributed by atoms with Gasteiger partial charge in [0.15, 0.2) is 0 Å². The van der Waals surface area contributed by atoms with Crippen LogP contribution in [-0.4, -0.2) is 58.2 Å². The summed E-state index contributed by atoms with van der Waals surface area (Å²) < 4.78 is 1.83. The van der Waals surface area contributed by atoms with Crippen molar-refractivity contribution in [2.75, 3.05) is 20.6 Å². The molecule has 0 aliphatic carbocycles. The summed E-state index contributed by atoms with van der Waals surface area (Å²) in [6, 6.07) is 2.79. The predicted octanol–water partition coefficient (Wildman–Crippen LogP) is 1.63. The molecule has 1 amide bonds. The number of nitrogens with zero attached hydrogens (tertiary/aromatic N) is 4. The van der Waals surface area contributed by atoms with Gasteiger partial charge in [0.25, 0.3) is 5.91 Å². The summed E-state index contributed by atoms with van der Waals surface area (Å²) in [5, 5.41) is 4.37. The Morgan fingerprint density at radius 1 is 1.47 bits per heavy atom. The lowest BCUT2D eigenvalue weighted by Crippen LogP contribution is -2.42. The summed E-state index contributed by atoms with van der Waals surface area (Å²) in [4.78, 5) is 16.6. The van der Waals surface area contributed by atoms with E-state index < -0.39 is 0 Å². The van der Waals surface area contributed by atoms with Gasteiger partial charge in [0.2, 0.25) is 0 Å². The van der Waals surface area contributed by atoms with Gasteiger partial charge in [-0.1, -0.05) is 0 Å². The molecule has 0 spiro atoms. The lowest BCUT2D eigenvalue weighted by molar-refractivity contribution is 0.0713. The summed E-state index contributed by atoms with van der Waals surface area (Å²) in [6.45, 7) is 7.05. The van der Waals surface area contributed by atoms with Gasteiger partial charge < -0.3 is 9.80 Å². The Labute approximate surface area is 115 Å². The Bertz CT molecular complexity index is 452. The molecule has 2 heterocycles. The molecular formula is C14H24N4O. The molecule has 1 aromatic rings. The van der Waals surface area contributed by atoms with Gasteiger partial charge in [-0.15, -0.1) is 0 Å². The SMILES string of the molecule is CC1C(N(C)C)CCN1C(=O)c1ccn(C(C)C)n1. The molecule has 1 aromatic heterocycles. The fourth-order valence-corrected chi connectivity index (χ4v) is 2.79. The van der Waals surface area contributed by atoms with Crippen LogP contribution in [0.15, 0.2) is 12.3 Å². The average molecular weight is 264 g/mol. The van der Waals surface area contributed by atoms with E-state index in [0.717, 1.165) is 13.0 Å². The predicted molar refractivity (Wildman–Crippen MR) is 75.2 cm³/mol. The number of hydrogen-bond donors (Lipinski definition) is 0. The number of carbonyl (C=O) groups is 1. The summed E-state index contributed by atoms with van der Waals surface area (Å²) in [7, 11) is 4.14. The molecule has 1 fully saturated rings. The molecule has 0 saturated carbocycles. The Hall–Kier alpha value is -1.36. The first-order valence-corrected chi connectivity index (χ1v) is 6.94. The molecule has 1 saturated heterocycles. The van der Waals surface area contributed by atoms with Crippen molar-refractivity contribution in [1.82, 2.24) is 19.6 Å². The average Bonchev–Trinajstić information content (AvgIpc) is 2.94. The largest absolute Gasteiger partial charge is 0.333 e. The highest BCUT2D eigenvalue weighted by atomic mass is 16.2. The van der Waals surface area contributed by atoms with Gasteiger partial charge in [-0.2, -0.15) is 5.10 Å². The number of likely N-dealkylation sites (tertiary alicyclic amines) is 1. The lowest BCUT2D eigenvalue weighted by Gasteiger charge is -2.27. The standard InChI is InChI=1S/C14H24N4O/c1-10(2)18-9-6-12(15-18)14(19)17-8-7-13(11(17)3)16(4)5/h6,9-11,13H,7-8H2,1-5H3. The van der Waals surface area contributed by atoms with Gasteiger partial charge in [-0.3, -0.25) is 9.48 Å². The second kappa shape index (κ2) is 5.33. The zero-order valence-corrected chi connectivity index (χ0v) is 12.5. The topological polar surface area (TPSA) is 41.4 Å². The molecule has 5 nitrogen and oxygen atoms in total. The summed E-state index contributed by atoms with van der Waals surface area (Å²) in [5.41, 5.74) is 0.556. The van der Waals surface area contributed by atoms with Crippen molar-refractivity contribution >= 4 is 5.91 Å². The molecule has 2 unspecified atom stereocenters. The molecule has 0 N–H and O–H groups in total. The van der Waals surface area contributed by atoms with Crippen molar-refractivity contribution in [2.24, 2.45) is 0 Å².